The second kappa shape index (κ2) is 11.4. The van der Waals surface area contributed by atoms with Gasteiger partial charge in [-0.1, -0.05) is 0 Å². The van der Waals surface area contributed by atoms with E-state index in [-0.39, 0.29) is 35.4 Å². The van der Waals surface area contributed by atoms with Crippen LogP contribution in [0.15, 0.2) is 48.6 Å². The van der Waals surface area contributed by atoms with Crippen LogP contribution in [0.3, 0.4) is 0 Å². The predicted octanol–water partition coefficient (Wildman–Crippen LogP) is 1.98. The van der Waals surface area contributed by atoms with E-state index in [4.69, 9.17) is 22.7 Å². The third-order valence-electron chi connectivity index (χ3n) is 5.12. The maximum absolute atomic E-state index is 14.8. The highest BCUT2D eigenvalue weighted by Crippen LogP contribution is 2.28. The van der Waals surface area contributed by atoms with Crippen LogP contribution in [0.1, 0.15) is 5.56 Å². The van der Waals surface area contributed by atoms with E-state index >= 15 is 0 Å². The van der Waals surface area contributed by atoms with Crippen LogP contribution in [0.25, 0.3) is 0 Å². The fourth-order valence-corrected chi connectivity index (χ4v) is 3.46. The van der Waals surface area contributed by atoms with Crippen LogP contribution < -0.4 is 21.3 Å². The summed E-state index contributed by atoms with van der Waals surface area (Å²) in [6.07, 6.45) is 4.98. The van der Waals surface area contributed by atoms with Crippen molar-refractivity contribution in [3.05, 3.63) is 65.8 Å². The molecule has 1 aromatic heterocycles. The molecule has 176 valence electrons. The molecule has 1 amide bonds. The number of amides is 1. The van der Waals surface area contributed by atoms with Gasteiger partial charge in [0.15, 0.2) is 11.6 Å². The number of anilines is 2. The van der Waals surface area contributed by atoms with E-state index in [1.54, 1.807) is 34.3 Å². The van der Waals surface area contributed by atoms with Gasteiger partial charge in [0.05, 0.1) is 20.1 Å². The summed E-state index contributed by atoms with van der Waals surface area (Å²) in [5.74, 6) is -1.41. The van der Waals surface area contributed by atoms with Gasteiger partial charge in [-0.15, -0.1) is 0 Å². The zero-order valence-electron chi connectivity index (χ0n) is 18.2. The Balaban J connectivity index is 1.57. The number of pyridine rings is 1. The quantitative estimate of drug-likeness (QED) is 0.523. The molecule has 0 unspecified atom stereocenters. The van der Waals surface area contributed by atoms with Crippen molar-refractivity contribution in [1.29, 1.82) is 0 Å². The molecule has 0 radical (unpaired) electrons. The molecule has 2 aromatic rings. The van der Waals surface area contributed by atoms with Gasteiger partial charge in [0.1, 0.15) is 5.69 Å². The van der Waals surface area contributed by atoms with Gasteiger partial charge >= 0.3 is 0 Å². The van der Waals surface area contributed by atoms with Crippen molar-refractivity contribution >= 4 is 34.7 Å². The molecule has 0 saturated carbocycles. The van der Waals surface area contributed by atoms with E-state index in [0.717, 1.165) is 5.56 Å². The van der Waals surface area contributed by atoms with Crippen molar-refractivity contribution in [2.24, 2.45) is 5.73 Å². The number of halogens is 2. The summed E-state index contributed by atoms with van der Waals surface area (Å²) in [5.41, 5.74) is 7.18. The molecule has 33 heavy (non-hydrogen) atoms. The Hall–Kier alpha value is -3.47. The molecule has 1 saturated heterocycles. The van der Waals surface area contributed by atoms with E-state index in [1.165, 1.54) is 25.4 Å². The smallest absolute Gasteiger partial charge is 0.256 e. The summed E-state index contributed by atoms with van der Waals surface area (Å²) in [4.78, 5) is 19.8. The molecule has 0 spiro atoms. The Kier molecular flexibility index (Phi) is 8.36. The molecule has 4 N–H and O–H groups in total. The molecule has 1 aliphatic rings. The number of carbonyl (C=O) groups excluding carboxylic acids is 1. The minimum absolute atomic E-state index is 0.0218. The van der Waals surface area contributed by atoms with E-state index in [9.17, 15) is 13.6 Å². The fraction of sp³-hybridized carbons (Fsp3) is 0.318. The van der Waals surface area contributed by atoms with Crippen molar-refractivity contribution < 1.29 is 18.3 Å². The average molecular weight is 477 g/mol. The predicted molar refractivity (Wildman–Crippen MR) is 127 cm³/mol. The summed E-state index contributed by atoms with van der Waals surface area (Å²) in [5, 5.41) is 5.72. The van der Waals surface area contributed by atoms with Gasteiger partial charge in [-0.2, -0.15) is 0 Å². The number of nitrogens with zero attached hydrogens (tertiary/aromatic N) is 3. The molecule has 0 bridgehead atoms. The first-order valence-corrected chi connectivity index (χ1v) is 10.7. The van der Waals surface area contributed by atoms with Crippen molar-refractivity contribution in [1.82, 2.24) is 15.2 Å². The lowest BCUT2D eigenvalue weighted by atomic mass is 10.1. The number of nitrogens with one attached hydrogen (secondary N) is 2. The van der Waals surface area contributed by atoms with Gasteiger partial charge in [0.25, 0.3) is 5.17 Å². The van der Waals surface area contributed by atoms with Crippen LogP contribution in [-0.4, -0.2) is 60.8 Å². The lowest BCUT2D eigenvalue weighted by molar-refractivity contribution is -0.130. The Morgan fingerprint density at radius 1 is 1.21 bits per heavy atom. The standard InChI is InChI=1S/C22H26F2N6O2S/c1-32-22(33)28-14-16(25)13-27-17-11-18(23)21(19(24)12-17)30-8-6-29(7-9-30)20(31)10-15-2-4-26-5-3-15/h2-5,11-13,27H,6-10,14,25H2,1H3,(H,28,33)/b16-13-. The largest absolute Gasteiger partial charge is 0.474 e. The van der Waals surface area contributed by atoms with Crippen LogP contribution in [0.2, 0.25) is 0 Å². The molecule has 3 rings (SSSR count). The molecule has 0 atom stereocenters. The zero-order chi connectivity index (χ0) is 23.8. The second-order valence-corrected chi connectivity index (χ2v) is 7.77. The van der Waals surface area contributed by atoms with Crippen LogP contribution in [0, 0.1) is 11.6 Å². The molecule has 11 heteroatoms. The number of rotatable bonds is 7. The SMILES string of the molecule is COC(=S)NC/C(N)=C/Nc1cc(F)c(N2CCN(C(=O)Cc3ccncc3)CC2)c(F)c1. The maximum atomic E-state index is 14.8. The molecule has 0 aliphatic carbocycles. The Morgan fingerprint density at radius 2 is 1.85 bits per heavy atom. The van der Waals surface area contributed by atoms with E-state index in [2.05, 4.69) is 15.6 Å². The summed E-state index contributed by atoms with van der Waals surface area (Å²) in [6, 6.07) is 6.00. The molecular weight excluding hydrogens is 450 g/mol. The number of nitrogens with two attached hydrogens (primary N) is 1. The number of benzene rings is 1. The number of aromatic nitrogens is 1. The minimum Gasteiger partial charge on any atom is -0.474 e. The average Bonchev–Trinajstić information content (AvgIpc) is 2.81. The van der Waals surface area contributed by atoms with Crippen LogP contribution in [0.5, 0.6) is 0 Å². The maximum Gasteiger partial charge on any atom is 0.256 e. The van der Waals surface area contributed by atoms with E-state index in [0.29, 0.717) is 31.9 Å². The van der Waals surface area contributed by atoms with Crippen LogP contribution in [0.4, 0.5) is 20.2 Å². The summed E-state index contributed by atoms with van der Waals surface area (Å²) in [7, 11) is 1.43. The zero-order valence-corrected chi connectivity index (χ0v) is 19.0. The topological polar surface area (TPSA) is 95.8 Å². The Labute approximate surface area is 196 Å². The molecule has 2 heterocycles. The number of carbonyl (C=O) groups is 1. The number of piperazine rings is 1. The summed E-state index contributed by atoms with van der Waals surface area (Å²) in [6.45, 7) is 1.66. The molecule has 8 nitrogen and oxygen atoms in total. The first-order valence-electron chi connectivity index (χ1n) is 10.3. The highest BCUT2D eigenvalue weighted by Gasteiger charge is 2.25. The molecule has 1 aromatic carbocycles. The van der Waals surface area contributed by atoms with Gasteiger partial charge in [0.2, 0.25) is 5.91 Å². The first kappa shape index (κ1) is 24.2. The molecular formula is C22H26F2N6O2S. The molecule has 1 fully saturated rings. The fourth-order valence-electron chi connectivity index (χ4n) is 3.39. The number of hydrogen-bond acceptors (Lipinski definition) is 7. The Morgan fingerprint density at radius 3 is 2.45 bits per heavy atom. The third kappa shape index (κ3) is 6.75. The highest BCUT2D eigenvalue weighted by atomic mass is 32.1. The van der Waals surface area contributed by atoms with Crippen molar-refractivity contribution in [2.75, 3.05) is 50.1 Å². The summed E-state index contributed by atoms with van der Waals surface area (Å²) >= 11 is 4.85. The number of thiocarbonyl (C=S) groups is 1. The van der Waals surface area contributed by atoms with E-state index in [1.807, 2.05) is 0 Å². The van der Waals surface area contributed by atoms with Gasteiger partial charge < -0.3 is 30.9 Å². The lowest BCUT2D eigenvalue weighted by Gasteiger charge is -2.36. The minimum atomic E-state index is -0.695. The van der Waals surface area contributed by atoms with Gasteiger partial charge in [-0.05, 0) is 42.0 Å². The van der Waals surface area contributed by atoms with Gasteiger partial charge in [-0.3, -0.25) is 9.78 Å². The van der Waals surface area contributed by atoms with Gasteiger partial charge in [-0.25, -0.2) is 8.78 Å². The first-order chi connectivity index (χ1) is 15.9. The van der Waals surface area contributed by atoms with Crippen molar-refractivity contribution in [3.8, 4) is 0 Å². The third-order valence-corrected chi connectivity index (χ3v) is 5.43. The molecule has 1 aliphatic heterocycles. The lowest BCUT2D eigenvalue weighted by Crippen LogP contribution is -2.49. The normalized spacial score (nSPS) is 14.1. The van der Waals surface area contributed by atoms with Gasteiger partial charge in [0, 0.05) is 56.2 Å². The number of methoxy groups -OCH3 is 1. The van der Waals surface area contributed by atoms with Crippen LogP contribution >= 0.6 is 12.2 Å². The van der Waals surface area contributed by atoms with Crippen LogP contribution in [-0.2, 0) is 16.0 Å². The Bertz CT molecular complexity index is 990. The number of hydrogen-bond donors (Lipinski definition) is 3. The van der Waals surface area contributed by atoms with Crippen molar-refractivity contribution in [2.45, 2.75) is 6.42 Å². The second-order valence-electron chi connectivity index (χ2n) is 7.40. The highest BCUT2D eigenvalue weighted by molar-refractivity contribution is 7.80. The van der Waals surface area contributed by atoms with Crippen molar-refractivity contribution in [3.63, 3.8) is 0 Å². The summed E-state index contributed by atoms with van der Waals surface area (Å²) < 4.78 is 34.3. The monoisotopic (exact) mass is 476 g/mol. The van der Waals surface area contributed by atoms with E-state index < -0.39 is 11.6 Å². The number of ether oxygens (including phenoxy) is 1.